The van der Waals surface area contributed by atoms with E-state index in [1.807, 2.05) is 19.1 Å². The maximum atomic E-state index is 10.5. The molecule has 0 aromatic heterocycles. The van der Waals surface area contributed by atoms with Crippen LogP contribution in [0.1, 0.15) is 16.7 Å². The minimum Gasteiger partial charge on any atom is -0.211 e. The number of isocyanates is 2. The normalized spacial score (nSPS) is 9.62. The molecule has 0 N–H and O–H groups in total. The molecule has 0 heterocycles. The first-order chi connectivity index (χ1) is 10.2. The molecular formula is C16H11ClN2O2. The van der Waals surface area contributed by atoms with Gasteiger partial charge in [-0.1, -0.05) is 29.8 Å². The molecule has 5 heteroatoms. The van der Waals surface area contributed by atoms with Crippen LogP contribution in [0, 0.1) is 6.92 Å². The summed E-state index contributed by atoms with van der Waals surface area (Å²) >= 11 is 6.01. The highest BCUT2D eigenvalue weighted by Gasteiger charge is 2.09. The molecule has 2 rings (SSSR count). The molecule has 0 fully saturated rings. The topological polar surface area (TPSA) is 58.9 Å². The Kier molecular flexibility index (Phi) is 4.81. The van der Waals surface area contributed by atoms with Gasteiger partial charge in [0.05, 0.1) is 11.4 Å². The van der Waals surface area contributed by atoms with Crippen LogP contribution >= 0.6 is 11.6 Å². The van der Waals surface area contributed by atoms with E-state index in [0.29, 0.717) is 28.4 Å². The summed E-state index contributed by atoms with van der Waals surface area (Å²) in [6.45, 7) is 1.91. The van der Waals surface area contributed by atoms with Crippen LogP contribution in [0.15, 0.2) is 46.4 Å². The summed E-state index contributed by atoms with van der Waals surface area (Å²) in [5.74, 6) is 0. The summed E-state index contributed by atoms with van der Waals surface area (Å²) in [4.78, 5) is 28.4. The largest absolute Gasteiger partial charge is 0.240 e. The Balaban J connectivity index is 2.52. The number of rotatable bonds is 4. The third-order valence-corrected chi connectivity index (χ3v) is 3.49. The predicted molar refractivity (Wildman–Crippen MR) is 81.0 cm³/mol. The molecule has 0 aliphatic heterocycles. The quantitative estimate of drug-likeness (QED) is 0.628. The maximum absolute atomic E-state index is 10.5. The van der Waals surface area contributed by atoms with Crippen molar-refractivity contribution in [2.75, 3.05) is 0 Å². The fraction of sp³-hybridized carbons (Fsp3) is 0.125. The van der Waals surface area contributed by atoms with Crippen LogP contribution in [-0.2, 0) is 16.0 Å². The lowest BCUT2D eigenvalue weighted by atomic mass is 10.00. The minimum atomic E-state index is 0.439. The number of aryl methyl sites for hydroxylation is 1. The lowest BCUT2D eigenvalue weighted by molar-refractivity contribution is 0.565. The van der Waals surface area contributed by atoms with E-state index < -0.39 is 0 Å². The number of halogens is 1. The van der Waals surface area contributed by atoms with Gasteiger partial charge in [-0.05, 0) is 36.2 Å². The molecule has 0 saturated heterocycles. The number of hydrogen-bond donors (Lipinski definition) is 0. The van der Waals surface area contributed by atoms with Crippen LogP contribution < -0.4 is 0 Å². The number of hydrogen-bond acceptors (Lipinski definition) is 4. The zero-order valence-electron chi connectivity index (χ0n) is 11.3. The lowest BCUT2D eigenvalue weighted by Crippen LogP contribution is -1.91. The first-order valence-corrected chi connectivity index (χ1v) is 6.56. The molecule has 0 bridgehead atoms. The predicted octanol–water partition coefficient (Wildman–Crippen LogP) is 4.17. The third kappa shape index (κ3) is 3.53. The van der Waals surface area contributed by atoms with Gasteiger partial charge in [0, 0.05) is 17.0 Å². The van der Waals surface area contributed by atoms with Crippen LogP contribution in [0.5, 0.6) is 0 Å². The zero-order chi connectivity index (χ0) is 15.2. The van der Waals surface area contributed by atoms with Crippen molar-refractivity contribution in [3.63, 3.8) is 0 Å². The molecular weight excluding hydrogens is 288 g/mol. The van der Waals surface area contributed by atoms with Gasteiger partial charge >= 0.3 is 0 Å². The van der Waals surface area contributed by atoms with Gasteiger partial charge in [-0.25, -0.2) is 9.59 Å². The first kappa shape index (κ1) is 14.9. The summed E-state index contributed by atoms with van der Waals surface area (Å²) in [7, 11) is 0. The number of aliphatic imine (C=N–C) groups is 2. The Bertz CT molecular complexity index is 738. The van der Waals surface area contributed by atoms with E-state index in [1.54, 1.807) is 24.3 Å². The molecule has 0 aliphatic rings. The minimum absolute atomic E-state index is 0.439. The van der Waals surface area contributed by atoms with E-state index in [9.17, 15) is 9.59 Å². The monoisotopic (exact) mass is 298 g/mol. The summed E-state index contributed by atoms with van der Waals surface area (Å²) < 4.78 is 0. The second-order valence-corrected chi connectivity index (χ2v) is 4.85. The molecule has 2 aromatic carbocycles. The highest BCUT2D eigenvalue weighted by molar-refractivity contribution is 6.31. The Morgan fingerprint density at radius 2 is 1.67 bits per heavy atom. The van der Waals surface area contributed by atoms with Crippen LogP contribution in [0.4, 0.5) is 11.4 Å². The molecule has 0 aliphatic carbocycles. The van der Waals surface area contributed by atoms with Crippen LogP contribution in [0.2, 0.25) is 5.02 Å². The standard InChI is InChI=1S/C16H11ClN2O2/c1-11-7-12(5-6-14(11)17)8-13-15(18-9-20)3-2-4-16(13)19-10-21/h2-7H,8H2,1H3. The van der Waals surface area contributed by atoms with Crippen molar-refractivity contribution in [2.24, 2.45) is 9.98 Å². The fourth-order valence-corrected chi connectivity index (χ4v) is 2.19. The van der Waals surface area contributed by atoms with Gasteiger partial charge in [-0.2, -0.15) is 9.98 Å². The smallest absolute Gasteiger partial charge is 0.211 e. The van der Waals surface area contributed by atoms with Crippen LogP contribution in [-0.4, -0.2) is 12.2 Å². The van der Waals surface area contributed by atoms with E-state index in [1.165, 1.54) is 12.2 Å². The highest BCUT2D eigenvalue weighted by Crippen LogP contribution is 2.31. The van der Waals surface area contributed by atoms with Crippen molar-refractivity contribution in [1.29, 1.82) is 0 Å². The van der Waals surface area contributed by atoms with Gasteiger partial charge in [-0.3, -0.25) is 0 Å². The summed E-state index contributed by atoms with van der Waals surface area (Å²) in [5, 5.41) is 0.684. The van der Waals surface area contributed by atoms with Gasteiger partial charge < -0.3 is 0 Å². The highest BCUT2D eigenvalue weighted by atomic mass is 35.5. The van der Waals surface area contributed by atoms with E-state index in [2.05, 4.69) is 9.98 Å². The average molecular weight is 299 g/mol. The van der Waals surface area contributed by atoms with E-state index in [-0.39, 0.29) is 0 Å². The molecule has 2 aromatic rings. The Morgan fingerprint density at radius 3 is 2.19 bits per heavy atom. The molecule has 104 valence electrons. The molecule has 21 heavy (non-hydrogen) atoms. The average Bonchev–Trinajstić information content (AvgIpc) is 2.46. The van der Waals surface area contributed by atoms with Crippen molar-refractivity contribution in [2.45, 2.75) is 13.3 Å². The van der Waals surface area contributed by atoms with Gasteiger partial charge in [0.25, 0.3) is 0 Å². The van der Waals surface area contributed by atoms with E-state index in [4.69, 9.17) is 11.6 Å². The first-order valence-electron chi connectivity index (χ1n) is 6.18. The van der Waals surface area contributed by atoms with Crippen LogP contribution in [0.3, 0.4) is 0 Å². The summed E-state index contributed by atoms with van der Waals surface area (Å²) in [5.41, 5.74) is 3.48. The van der Waals surface area contributed by atoms with E-state index in [0.717, 1.165) is 11.1 Å². The molecule has 0 spiro atoms. The molecule has 0 saturated carbocycles. The Hall–Kier alpha value is -2.51. The molecule has 0 radical (unpaired) electrons. The van der Waals surface area contributed by atoms with Crippen LogP contribution in [0.25, 0.3) is 0 Å². The van der Waals surface area contributed by atoms with E-state index >= 15 is 0 Å². The van der Waals surface area contributed by atoms with Gasteiger partial charge in [0.2, 0.25) is 12.2 Å². The number of benzene rings is 2. The van der Waals surface area contributed by atoms with Crippen molar-refractivity contribution >= 4 is 35.1 Å². The second-order valence-electron chi connectivity index (χ2n) is 4.44. The van der Waals surface area contributed by atoms with Crippen molar-refractivity contribution in [3.8, 4) is 0 Å². The summed E-state index contributed by atoms with van der Waals surface area (Å²) in [6, 6.07) is 10.6. The van der Waals surface area contributed by atoms with Gasteiger partial charge in [0.1, 0.15) is 0 Å². The Labute approximate surface area is 126 Å². The number of nitrogens with zero attached hydrogens (tertiary/aromatic N) is 2. The maximum Gasteiger partial charge on any atom is 0.240 e. The molecule has 4 nitrogen and oxygen atoms in total. The second kappa shape index (κ2) is 6.78. The number of carbonyl (C=O) groups excluding carboxylic acids is 2. The molecule has 0 amide bonds. The Morgan fingerprint density at radius 1 is 1.05 bits per heavy atom. The van der Waals surface area contributed by atoms with Crippen molar-refractivity contribution < 1.29 is 9.59 Å². The fourth-order valence-electron chi connectivity index (χ4n) is 2.07. The SMILES string of the molecule is Cc1cc(Cc2c(N=C=O)cccc2N=C=O)ccc1Cl. The van der Waals surface area contributed by atoms with Gasteiger partial charge in [-0.15, -0.1) is 0 Å². The van der Waals surface area contributed by atoms with Crippen molar-refractivity contribution in [1.82, 2.24) is 0 Å². The zero-order valence-corrected chi connectivity index (χ0v) is 12.0. The molecule has 0 atom stereocenters. The van der Waals surface area contributed by atoms with Gasteiger partial charge in [0.15, 0.2) is 0 Å². The van der Waals surface area contributed by atoms with Crippen molar-refractivity contribution in [3.05, 3.63) is 58.1 Å². The summed E-state index contributed by atoms with van der Waals surface area (Å²) in [6.07, 6.45) is 3.50. The lowest BCUT2D eigenvalue weighted by Gasteiger charge is -2.09. The third-order valence-electron chi connectivity index (χ3n) is 3.06. The molecule has 0 unspecified atom stereocenters.